The lowest BCUT2D eigenvalue weighted by molar-refractivity contribution is 0.102. The second-order valence-electron chi connectivity index (χ2n) is 8.67. The summed E-state index contributed by atoms with van der Waals surface area (Å²) in [6.07, 6.45) is 3.91. The first kappa shape index (κ1) is 23.3. The second kappa shape index (κ2) is 10.1. The molecule has 0 bridgehead atoms. The Bertz CT molecular complexity index is 1850. The molecule has 0 fully saturated rings. The molecule has 0 spiro atoms. The average molecular weight is 565 g/mol. The van der Waals surface area contributed by atoms with Gasteiger partial charge in [0.2, 0.25) is 0 Å². The highest BCUT2D eigenvalue weighted by molar-refractivity contribution is 9.10. The van der Waals surface area contributed by atoms with Crippen molar-refractivity contribution < 1.29 is 4.79 Å². The molecule has 4 aromatic carbocycles. The van der Waals surface area contributed by atoms with Crippen molar-refractivity contribution in [3.8, 4) is 11.1 Å². The molecule has 0 unspecified atom stereocenters. The first-order chi connectivity index (χ1) is 18.2. The van der Waals surface area contributed by atoms with E-state index in [9.17, 15) is 4.79 Å². The number of carbonyl (C=O) groups excluding carboxylic acids is 1. The van der Waals surface area contributed by atoms with Gasteiger partial charge >= 0.3 is 0 Å². The number of hydrogen-bond acceptors (Lipinski definition) is 2. The summed E-state index contributed by atoms with van der Waals surface area (Å²) in [4.78, 5) is 18.6. The number of hydrogen-bond donors (Lipinski definition) is 3. The highest BCUT2D eigenvalue weighted by Gasteiger charge is 2.08. The molecule has 0 aliphatic carbocycles. The van der Waals surface area contributed by atoms with E-state index < -0.39 is 0 Å². The number of carbonyl (C=O) groups is 1. The zero-order valence-corrected chi connectivity index (χ0v) is 22.1. The molecule has 7 aromatic rings. The molecular weight excluding hydrogens is 542 g/mol. The Morgan fingerprint density at radius 2 is 1.49 bits per heavy atom. The third-order valence-electron chi connectivity index (χ3n) is 6.33. The van der Waals surface area contributed by atoms with Crippen LogP contribution < -0.4 is 5.32 Å². The van der Waals surface area contributed by atoms with Gasteiger partial charge in [0.15, 0.2) is 0 Å². The van der Waals surface area contributed by atoms with Gasteiger partial charge in [-0.2, -0.15) is 11.3 Å². The Labute approximate surface area is 226 Å². The molecule has 7 rings (SSSR count). The fourth-order valence-electron chi connectivity index (χ4n) is 4.47. The van der Waals surface area contributed by atoms with Gasteiger partial charge in [0.1, 0.15) is 0 Å². The topological polar surface area (TPSA) is 60.7 Å². The Morgan fingerprint density at radius 1 is 0.757 bits per heavy atom. The van der Waals surface area contributed by atoms with E-state index in [-0.39, 0.29) is 5.91 Å². The number of nitrogens with one attached hydrogen (secondary N) is 3. The van der Waals surface area contributed by atoms with Gasteiger partial charge in [0.05, 0.1) is 5.56 Å². The molecule has 0 radical (unpaired) electrons. The van der Waals surface area contributed by atoms with E-state index in [1.807, 2.05) is 53.5 Å². The van der Waals surface area contributed by atoms with Crippen LogP contribution in [0.15, 0.2) is 119 Å². The number of H-pyrrole nitrogens is 2. The van der Waals surface area contributed by atoms with Crippen LogP contribution in [0.5, 0.6) is 0 Å². The van der Waals surface area contributed by atoms with Crippen molar-refractivity contribution in [1.82, 2.24) is 9.97 Å². The van der Waals surface area contributed by atoms with E-state index >= 15 is 0 Å². The van der Waals surface area contributed by atoms with Crippen LogP contribution in [0.4, 0.5) is 5.69 Å². The maximum Gasteiger partial charge on any atom is 0.256 e. The fraction of sp³-hybridized carbons (Fsp3) is 0. The highest BCUT2D eigenvalue weighted by Crippen LogP contribution is 2.31. The Balaban J connectivity index is 0.000000210. The van der Waals surface area contributed by atoms with Crippen LogP contribution in [-0.2, 0) is 0 Å². The number of halogens is 1. The average Bonchev–Trinajstić information content (AvgIpc) is 3.70. The van der Waals surface area contributed by atoms with Crippen molar-refractivity contribution in [3.05, 3.63) is 124 Å². The van der Waals surface area contributed by atoms with Crippen LogP contribution >= 0.6 is 27.3 Å². The maximum absolute atomic E-state index is 12.2. The maximum atomic E-state index is 12.2. The fourth-order valence-corrected chi connectivity index (χ4v) is 5.61. The van der Waals surface area contributed by atoms with Crippen LogP contribution in [0.1, 0.15) is 10.4 Å². The Hall–Kier alpha value is -4.13. The smallest absolute Gasteiger partial charge is 0.256 e. The van der Waals surface area contributed by atoms with Gasteiger partial charge in [-0.05, 0) is 81.9 Å². The minimum absolute atomic E-state index is 0.0774. The molecule has 3 aromatic heterocycles. The normalized spacial score (nSPS) is 10.9. The van der Waals surface area contributed by atoms with Crippen molar-refractivity contribution in [2.45, 2.75) is 0 Å². The van der Waals surface area contributed by atoms with Crippen molar-refractivity contribution in [3.63, 3.8) is 0 Å². The number of thiophene rings is 1. The molecule has 3 N–H and O–H groups in total. The third-order valence-corrected chi connectivity index (χ3v) is 7.70. The minimum Gasteiger partial charge on any atom is -0.361 e. The summed E-state index contributed by atoms with van der Waals surface area (Å²) < 4.78 is 1.14. The number of aromatic nitrogens is 2. The summed E-state index contributed by atoms with van der Waals surface area (Å²) in [6.45, 7) is 0. The quantitative estimate of drug-likeness (QED) is 0.197. The van der Waals surface area contributed by atoms with Crippen molar-refractivity contribution >= 4 is 71.4 Å². The summed E-state index contributed by atoms with van der Waals surface area (Å²) in [7, 11) is 0. The predicted octanol–water partition coefficient (Wildman–Crippen LogP) is 9.23. The summed E-state index contributed by atoms with van der Waals surface area (Å²) in [6, 6.07) is 30.9. The van der Waals surface area contributed by atoms with Gasteiger partial charge in [0.25, 0.3) is 5.91 Å². The minimum atomic E-state index is -0.0774. The van der Waals surface area contributed by atoms with E-state index in [2.05, 4.69) is 91.9 Å². The third kappa shape index (κ3) is 4.81. The van der Waals surface area contributed by atoms with Crippen molar-refractivity contribution in [2.24, 2.45) is 0 Å². The standard InChI is InChI=1S/C23H16N2OS.C8H6BrN/c26-23(18-9-11-27-14-18)25-19-7-6-15-12-17(5-4-16(15)13-19)20-2-1-3-22-21(20)8-10-24-22;9-7-2-1-3-8-6(7)4-5-10-8/h1-14,24H,(H,25,26);1-5,10H. The van der Waals surface area contributed by atoms with E-state index in [4.69, 9.17) is 0 Å². The van der Waals surface area contributed by atoms with E-state index in [0.29, 0.717) is 5.56 Å². The van der Waals surface area contributed by atoms with Crippen LogP contribution in [0.3, 0.4) is 0 Å². The summed E-state index contributed by atoms with van der Waals surface area (Å²) in [5, 5.41) is 11.4. The van der Waals surface area contributed by atoms with Crippen molar-refractivity contribution in [1.29, 1.82) is 0 Å². The van der Waals surface area contributed by atoms with E-state index in [0.717, 1.165) is 26.4 Å². The number of anilines is 1. The number of amides is 1. The van der Waals surface area contributed by atoms with Crippen LogP contribution in [0.2, 0.25) is 0 Å². The first-order valence-corrected chi connectivity index (χ1v) is 13.5. The van der Waals surface area contributed by atoms with Crippen LogP contribution in [0.25, 0.3) is 43.7 Å². The van der Waals surface area contributed by atoms with Crippen LogP contribution in [-0.4, -0.2) is 15.9 Å². The molecule has 0 aliphatic heterocycles. The highest BCUT2D eigenvalue weighted by atomic mass is 79.9. The molecule has 6 heteroatoms. The molecular formula is C31H22BrN3OS. The van der Waals surface area contributed by atoms with Crippen molar-refractivity contribution in [2.75, 3.05) is 5.32 Å². The number of aromatic amines is 2. The molecule has 0 saturated carbocycles. The molecule has 3 heterocycles. The molecule has 180 valence electrons. The Kier molecular flexibility index (Phi) is 6.35. The number of benzene rings is 4. The summed E-state index contributed by atoms with van der Waals surface area (Å²) in [5.74, 6) is -0.0774. The lowest BCUT2D eigenvalue weighted by Crippen LogP contribution is -2.10. The molecule has 37 heavy (non-hydrogen) atoms. The molecule has 0 atom stereocenters. The van der Waals surface area contributed by atoms with Gasteiger partial charge in [-0.25, -0.2) is 0 Å². The molecule has 1 amide bonds. The zero-order chi connectivity index (χ0) is 25.2. The Morgan fingerprint density at radius 3 is 2.27 bits per heavy atom. The van der Waals surface area contributed by atoms with Gasteiger partial charge in [-0.1, -0.05) is 52.3 Å². The largest absolute Gasteiger partial charge is 0.361 e. The lowest BCUT2D eigenvalue weighted by atomic mass is 9.98. The monoisotopic (exact) mass is 563 g/mol. The summed E-state index contributed by atoms with van der Waals surface area (Å²) in [5.41, 5.74) is 6.20. The molecule has 4 nitrogen and oxygen atoms in total. The molecule has 0 aliphatic rings. The number of rotatable bonds is 3. The number of fused-ring (bicyclic) bond motifs is 3. The van der Waals surface area contributed by atoms with E-state index in [1.54, 1.807) is 0 Å². The lowest BCUT2D eigenvalue weighted by Gasteiger charge is -2.08. The van der Waals surface area contributed by atoms with Crippen LogP contribution in [0, 0.1) is 0 Å². The predicted molar refractivity (Wildman–Crippen MR) is 160 cm³/mol. The first-order valence-electron chi connectivity index (χ1n) is 11.8. The van der Waals surface area contributed by atoms with Gasteiger partial charge in [-0.3, -0.25) is 4.79 Å². The zero-order valence-electron chi connectivity index (χ0n) is 19.7. The van der Waals surface area contributed by atoms with Gasteiger partial charge < -0.3 is 15.3 Å². The second-order valence-corrected chi connectivity index (χ2v) is 10.3. The van der Waals surface area contributed by atoms with Gasteiger partial charge in [0, 0.05) is 49.7 Å². The molecule has 0 saturated heterocycles. The SMILES string of the molecule is Brc1cccc2[nH]ccc12.O=C(Nc1ccc2cc(-c3cccc4[nH]ccc34)ccc2c1)c1ccsc1. The summed E-state index contributed by atoms with van der Waals surface area (Å²) >= 11 is 4.97. The van der Waals surface area contributed by atoms with E-state index in [1.165, 1.54) is 38.8 Å². The van der Waals surface area contributed by atoms with Gasteiger partial charge in [-0.15, -0.1) is 0 Å².